The molecule has 1 aromatic rings. The number of nitrogens with two attached hydrogens (primary N) is 1. The number of aliphatic hydroxyl groups is 1. The third-order valence-corrected chi connectivity index (χ3v) is 2.70. The Kier molecular flexibility index (Phi) is 10.3. The number of nitrogens with one attached hydrogen (secondary N) is 1. The molecule has 0 aliphatic carbocycles. The number of hydrazine groups is 1. The number of hydrogen-bond donors (Lipinski definition) is 5. The zero-order valence-electron chi connectivity index (χ0n) is 12.3. The molecule has 0 aromatic heterocycles. The molecule has 6 N–H and O–H groups in total. The highest BCUT2D eigenvalue weighted by Gasteiger charge is 2.17. The quantitative estimate of drug-likeness (QED) is 0.289. The maximum Gasteiger partial charge on any atom is 0.328 e. The summed E-state index contributed by atoms with van der Waals surface area (Å²) in [6.07, 6.45) is 2.46. The second kappa shape index (κ2) is 11.4. The maximum absolute atomic E-state index is 9.97. The molecule has 0 saturated heterocycles. The number of carbonyl (C=O) groups is 2. The van der Waals surface area contributed by atoms with Crippen LogP contribution in [0.15, 0.2) is 42.5 Å². The van der Waals surface area contributed by atoms with E-state index in [4.69, 9.17) is 16.1 Å². The Morgan fingerprint density at radius 3 is 2.05 bits per heavy atom. The first kappa shape index (κ1) is 19.8. The summed E-state index contributed by atoms with van der Waals surface area (Å²) in [5.74, 6) is 2.87. The lowest BCUT2D eigenvalue weighted by Gasteiger charge is -2.21. The highest BCUT2D eigenvalue weighted by atomic mass is 16.4. The molecule has 0 heterocycles. The number of rotatable bonds is 7. The standard InChI is InChI=1S/C11H18N2O.C4H4O4/c1-2-6-10(13-12)11(14)9-7-4-3-5-8-9;5-3(6)1-2-4(7)8/h3-5,7-8,10-11,13-14H,2,6,12H2,1H3;1-2H,(H,5,6)(H,7,8)/b;2-1+. The van der Waals surface area contributed by atoms with Crippen molar-refractivity contribution in [3.05, 3.63) is 48.0 Å². The molecule has 7 heteroatoms. The molecule has 0 radical (unpaired) electrons. The second-order valence-electron chi connectivity index (χ2n) is 4.43. The summed E-state index contributed by atoms with van der Waals surface area (Å²) in [6, 6.07) is 9.51. The summed E-state index contributed by atoms with van der Waals surface area (Å²) in [5.41, 5.74) is 3.56. The summed E-state index contributed by atoms with van der Waals surface area (Å²) in [4.78, 5) is 19.1. The molecule has 1 aromatic carbocycles. The first-order valence-electron chi connectivity index (χ1n) is 6.75. The maximum atomic E-state index is 9.97. The van der Waals surface area contributed by atoms with Gasteiger partial charge in [-0.25, -0.2) is 9.59 Å². The first-order valence-corrected chi connectivity index (χ1v) is 6.75. The minimum atomic E-state index is -1.26. The molecule has 0 aliphatic heterocycles. The Hall–Kier alpha value is -2.22. The number of aliphatic hydroxyl groups excluding tert-OH is 1. The lowest BCUT2D eigenvalue weighted by atomic mass is 9.99. The summed E-state index contributed by atoms with van der Waals surface area (Å²) < 4.78 is 0. The molecule has 7 nitrogen and oxygen atoms in total. The average Bonchev–Trinajstić information content (AvgIpc) is 2.51. The first-order chi connectivity index (χ1) is 10.4. The Morgan fingerprint density at radius 2 is 1.68 bits per heavy atom. The van der Waals surface area contributed by atoms with E-state index in [1.54, 1.807) is 0 Å². The zero-order chi connectivity index (χ0) is 17.0. The largest absolute Gasteiger partial charge is 0.478 e. The van der Waals surface area contributed by atoms with Gasteiger partial charge in [-0.1, -0.05) is 43.7 Å². The number of benzene rings is 1. The Bertz CT molecular complexity index is 460. The highest BCUT2D eigenvalue weighted by molar-refractivity contribution is 5.89. The van der Waals surface area contributed by atoms with Crippen molar-refractivity contribution in [1.29, 1.82) is 0 Å². The van der Waals surface area contributed by atoms with Crippen molar-refractivity contribution in [3.8, 4) is 0 Å². The van der Waals surface area contributed by atoms with Crippen molar-refractivity contribution >= 4 is 11.9 Å². The van der Waals surface area contributed by atoms with Gasteiger partial charge in [-0.15, -0.1) is 0 Å². The normalized spacial score (nSPS) is 13.0. The minimum absolute atomic E-state index is 0.0672. The van der Waals surface area contributed by atoms with Crippen LogP contribution < -0.4 is 11.3 Å². The van der Waals surface area contributed by atoms with E-state index in [2.05, 4.69) is 12.3 Å². The molecule has 0 aliphatic rings. The third-order valence-electron chi connectivity index (χ3n) is 2.70. The van der Waals surface area contributed by atoms with Crippen LogP contribution >= 0.6 is 0 Å². The Balaban J connectivity index is 0.000000472. The molecule has 0 amide bonds. The summed E-state index contributed by atoms with van der Waals surface area (Å²) in [6.45, 7) is 2.07. The van der Waals surface area contributed by atoms with E-state index in [9.17, 15) is 14.7 Å². The van der Waals surface area contributed by atoms with E-state index in [0.717, 1.165) is 18.4 Å². The molecule has 22 heavy (non-hydrogen) atoms. The van der Waals surface area contributed by atoms with E-state index >= 15 is 0 Å². The molecule has 2 unspecified atom stereocenters. The van der Waals surface area contributed by atoms with Crippen molar-refractivity contribution < 1.29 is 24.9 Å². The molecule has 0 bridgehead atoms. The van der Waals surface area contributed by atoms with Gasteiger partial charge < -0.3 is 15.3 Å². The minimum Gasteiger partial charge on any atom is -0.478 e. The van der Waals surface area contributed by atoms with Gasteiger partial charge in [-0.3, -0.25) is 11.3 Å². The highest BCUT2D eigenvalue weighted by Crippen LogP contribution is 2.18. The van der Waals surface area contributed by atoms with Crippen molar-refractivity contribution in [2.75, 3.05) is 0 Å². The van der Waals surface area contributed by atoms with Crippen molar-refractivity contribution in [3.63, 3.8) is 0 Å². The molecular formula is C15H22N2O5. The van der Waals surface area contributed by atoms with Crippen LogP contribution in [-0.2, 0) is 9.59 Å². The second-order valence-corrected chi connectivity index (χ2v) is 4.43. The smallest absolute Gasteiger partial charge is 0.328 e. The molecule has 0 fully saturated rings. The van der Waals surface area contributed by atoms with Gasteiger partial charge in [0.2, 0.25) is 0 Å². The zero-order valence-corrected chi connectivity index (χ0v) is 12.3. The number of carboxylic acids is 2. The van der Waals surface area contributed by atoms with Crippen LogP contribution in [-0.4, -0.2) is 33.3 Å². The molecule has 2 atom stereocenters. The van der Waals surface area contributed by atoms with Gasteiger partial charge in [-0.2, -0.15) is 0 Å². The van der Waals surface area contributed by atoms with Gasteiger partial charge in [0.05, 0.1) is 12.1 Å². The van der Waals surface area contributed by atoms with E-state index in [0.29, 0.717) is 12.2 Å². The SMILES string of the molecule is CCCC(NN)C(O)c1ccccc1.O=C(O)/C=C/C(=O)O. The van der Waals surface area contributed by atoms with Crippen LogP contribution in [0.1, 0.15) is 31.4 Å². The number of hydrogen-bond acceptors (Lipinski definition) is 5. The van der Waals surface area contributed by atoms with E-state index in [-0.39, 0.29) is 6.04 Å². The molecule has 0 spiro atoms. The van der Waals surface area contributed by atoms with Crippen LogP contribution in [0.5, 0.6) is 0 Å². The molecule has 0 saturated carbocycles. The monoisotopic (exact) mass is 310 g/mol. The van der Waals surface area contributed by atoms with Crippen molar-refractivity contribution in [2.24, 2.45) is 5.84 Å². The van der Waals surface area contributed by atoms with Crippen LogP contribution in [0.3, 0.4) is 0 Å². The fraction of sp³-hybridized carbons (Fsp3) is 0.333. The predicted octanol–water partition coefficient (Wildman–Crippen LogP) is 1.06. The van der Waals surface area contributed by atoms with Crippen LogP contribution in [0.2, 0.25) is 0 Å². The van der Waals surface area contributed by atoms with Gasteiger partial charge >= 0.3 is 11.9 Å². The molecular weight excluding hydrogens is 288 g/mol. The number of carboxylic acid groups (broad SMARTS) is 2. The summed E-state index contributed by atoms with van der Waals surface area (Å²) >= 11 is 0. The van der Waals surface area contributed by atoms with Crippen molar-refractivity contribution in [1.82, 2.24) is 5.43 Å². The fourth-order valence-electron chi connectivity index (χ4n) is 1.67. The molecule has 1 rings (SSSR count). The van der Waals surface area contributed by atoms with E-state index in [1.807, 2.05) is 30.3 Å². The lowest BCUT2D eigenvalue weighted by molar-refractivity contribution is -0.134. The topological polar surface area (TPSA) is 133 Å². The third kappa shape index (κ3) is 8.85. The summed E-state index contributed by atoms with van der Waals surface area (Å²) in [5, 5.41) is 25.6. The lowest BCUT2D eigenvalue weighted by Crippen LogP contribution is -2.39. The predicted molar refractivity (Wildman–Crippen MR) is 81.8 cm³/mol. The fourth-order valence-corrected chi connectivity index (χ4v) is 1.67. The van der Waals surface area contributed by atoms with Crippen LogP contribution in [0.4, 0.5) is 0 Å². The molecule has 122 valence electrons. The van der Waals surface area contributed by atoms with Gasteiger partial charge in [0.15, 0.2) is 0 Å². The average molecular weight is 310 g/mol. The Morgan fingerprint density at radius 1 is 1.18 bits per heavy atom. The summed E-state index contributed by atoms with van der Waals surface area (Å²) in [7, 11) is 0. The Labute approximate surface area is 129 Å². The van der Waals surface area contributed by atoms with Crippen LogP contribution in [0.25, 0.3) is 0 Å². The number of aliphatic carboxylic acids is 2. The van der Waals surface area contributed by atoms with E-state index in [1.165, 1.54) is 0 Å². The van der Waals surface area contributed by atoms with E-state index < -0.39 is 18.0 Å². The van der Waals surface area contributed by atoms with Crippen LogP contribution in [0, 0.1) is 0 Å². The van der Waals surface area contributed by atoms with Gasteiger partial charge in [0.1, 0.15) is 0 Å². The van der Waals surface area contributed by atoms with Crippen molar-refractivity contribution in [2.45, 2.75) is 31.9 Å². The van der Waals surface area contributed by atoms with Gasteiger partial charge in [0, 0.05) is 12.2 Å². The van der Waals surface area contributed by atoms with Gasteiger partial charge in [0.25, 0.3) is 0 Å². The van der Waals surface area contributed by atoms with Gasteiger partial charge in [-0.05, 0) is 12.0 Å².